The van der Waals surface area contributed by atoms with E-state index in [2.05, 4.69) is 26.2 Å². The van der Waals surface area contributed by atoms with Crippen molar-refractivity contribution < 1.29 is 24.3 Å². The minimum absolute atomic E-state index is 0.00855. The van der Waals surface area contributed by atoms with E-state index in [1.165, 1.54) is 27.7 Å². The Bertz CT molecular complexity index is 1220. The molecule has 0 aliphatic carbocycles. The molecular weight excluding hydrogens is 538 g/mol. The van der Waals surface area contributed by atoms with Gasteiger partial charge in [0.15, 0.2) is 0 Å². The van der Waals surface area contributed by atoms with Gasteiger partial charge in [-0.1, -0.05) is 6.92 Å². The smallest absolute Gasteiger partial charge is 0.353 e. The monoisotopic (exact) mass is 575 g/mol. The molecule has 0 bridgehead atoms. The van der Waals surface area contributed by atoms with Gasteiger partial charge in [0, 0.05) is 47.3 Å². The normalized spacial score (nSPS) is 30.9. The maximum Gasteiger partial charge on any atom is 0.353 e. The zero-order valence-corrected chi connectivity index (χ0v) is 23.9. The van der Waals surface area contributed by atoms with E-state index < -0.39 is 17.9 Å². The van der Waals surface area contributed by atoms with E-state index >= 15 is 0 Å². The van der Waals surface area contributed by atoms with Crippen LogP contribution in [-0.2, 0) is 25.7 Å². The fraction of sp³-hybridized carbons (Fsp3) is 0.720. The van der Waals surface area contributed by atoms with Gasteiger partial charge in [-0.15, -0.1) is 16.9 Å². The third kappa shape index (κ3) is 5.21. The molecule has 0 aromatic carbocycles. The van der Waals surface area contributed by atoms with Crippen molar-refractivity contribution in [1.82, 2.24) is 40.6 Å². The van der Waals surface area contributed by atoms with Crippen molar-refractivity contribution in [2.24, 2.45) is 23.5 Å². The van der Waals surface area contributed by atoms with Crippen molar-refractivity contribution in [3.05, 3.63) is 16.9 Å². The minimum Gasteiger partial charge on any atom is -0.477 e. The van der Waals surface area contributed by atoms with Gasteiger partial charge >= 0.3 is 5.97 Å². The Labute approximate surface area is 236 Å². The van der Waals surface area contributed by atoms with Crippen LogP contribution in [0.2, 0.25) is 0 Å². The number of carbonyl (C=O) groups is 4. The Morgan fingerprint density at radius 1 is 1.35 bits per heavy atom. The van der Waals surface area contributed by atoms with Crippen molar-refractivity contribution in [3.63, 3.8) is 0 Å². The molecule has 3 amide bonds. The molecule has 3 saturated heterocycles. The van der Waals surface area contributed by atoms with Crippen LogP contribution in [0.15, 0.2) is 16.9 Å². The highest BCUT2D eigenvalue weighted by Crippen LogP contribution is 2.52. The third-order valence-electron chi connectivity index (χ3n) is 8.65. The minimum atomic E-state index is -1.15. The molecule has 0 spiro atoms. The predicted molar refractivity (Wildman–Crippen MR) is 144 cm³/mol. The zero-order valence-electron chi connectivity index (χ0n) is 23.1. The van der Waals surface area contributed by atoms with E-state index in [9.17, 15) is 24.3 Å². The molecule has 0 radical (unpaired) electrons. The van der Waals surface area contributed by atoms with Gasteiger partial charge in [-0.3, -0.25) is 14.4 Å². The van der Waals surface area contributed by atoms with E-state index in [4.69, 9.17) is 5.73 Å². The molecule has 0 saturated carbocycles. The highest BCUT2D eigenvalue weighted by Gasteiger charge is 2.60. The average Bonchev–Trinajstić information content (AvgIpc) is 3.66. The van der Waals surface area contributed by atoms with Gasteiger partial charge < -0.3 is 31.3 Å². The SMILES string of the molecule is C[C@@H](NC(=O)Cn1cnnn1)[C@H]1C(=O)N2C(C(=O)O)=C(S[C@@H]3CN[C@H](C(=O)N4CC[C@@H](C(C)(C)N)C4)C3)[C@H](C)[C@H]12. The summed E-state index contributed by atoms with van der Waals surface area (Å²) >= 11 is 1.45. The van der Waals surface area contributed by atoms with Crippen LogP contribution in [0, 0.1) is 17.8 Å². The number of nitrogens with zero attached hydrogens (tertiary/aromatic N) is 6. The van der Waals surface area contributed by atoms with Crippen molar-refractivity contribution in [1.29, 1.82) is 0 Å². The summed E-state index contributed by atoms with van der Waals surface area (Å²) in [5.41, 5.74) is 5.94. The number of β-lactam (4-membered cyclic amide) rings is 1. The topological polar surface area (TPSA) is 189 Å². The number of carboxylic acids is 1. The number of likely N-dealkylation sites (tertiary alicyclic amines) is 1. The summed E-state index contributed by atoms with van der Waals surface area (Å²) in [6, 6.07) is -1.19. The van der Waals surface area contributed by atoms with Crippen LogP contribution in [0.1, 0.15) is 40.5 Å². The lowest BCUT2D eigenvalue weighted by Gasteiger charge is -2.47. The lowest BCUT2D eigenvalue weighted by atomic mass is 9.78. The van der Waals surface area contributed by atoms with E-state index in [0.717, 1.165) is 6.42 Å². The number of rotatable bonds is 9. The maximum absolute atomic E-state index is 13.2. The summed E-state index contributed by atoms with van der Waals surface area (Å²) in [7, 11) is 0. The van der Waals surface area contributed by atoms with Crippen LogP contribution in [-0.4, -0.2) is 107 Å². The summed E-state index contributed by atoms with van der Waals surface area (Å²) in [6.07, 6.45) is 2.78. The molecule has 5 rings (SSSR count). The molecule has 1 aromatic heterocycles. The van der Waals surface area contributed by atoms with E-state index in [-0.39, 0.29) is 64.7 Å². The molecule has 14 nitrogen and oxygen atoms in total. The lowest BCUT2D eigenvalue weighted by Crippen LogP contribution is -2.66. The van der Waals surface area contributed by atoms with E-state index in [0.29, 0.717) is 31.0 Å². The largest absolute Gasteiger partial charge is 0.477 e. The first-order valence-electron chi connectivity index (χ1n) is 13.6. The molecule has 5 heterocycles. The van der Waals surface area contributed by atoms with Crippen LogP contribution >= 0.6 is 11.8 Å². The van der Waals surface area contributed by atoms with Crippen LogP contribution in [0.4, 0.5) is 0 Å². The zero-order chi connectivity index (χ0) is 28.9. The third-order valence-corrected chi connectivity index (χ3v) is 10.2. The summed E-state index contributed by atoms with van der Waals surface area (Å²) < 4.78 is 1.28. The number of aliphatic carboxylic acids is 1. The fourth-order valence-corrected chi connectivity index (χ4v) is 7.91. The number of hydrogen-bond acceptors (Lipinski definition) is 10. The van der Waals surface area contributed by atoms with Crippen LogP contribution < -0.4 is 16.4 Å². The van der Waals surface area contributed by atoms with Crippen LogP contribution in [0.5, 0.6) is 0 Å². The molecule has 3 fully saturated rings. The molecule has 0 unspecified atom stereocenters. The Morgan fingerprint density at radius 2 is 2.10 bits per heavy atom. The molecule has 5 N–H and O–H groups in total. The van der Waals surface area contributed by atoms with Crippen LogP contribution in [0.25, 0.3) is 0 Å². The number of amides is 3. The molecule has 4 aliphatic heterocycles. The molecule has 218 valence electrons. The Kier molecular flexibility index (Phi) is 7.65. The number of aromatic nitrogens is 4. The number of nitrogens with two attached hydrogens (primary N) is 1. The number of carboxylic acid groups (broad SMARTS) is 1. The first kappa shape index (κ1) is 28.5. The molecule has 4 aliphatic rings. The Morgan fingerprint density at radius 3 is 2.73 bits per heavy atom. The van der Waals surface area contributed by atoms with E-state index in [1.807, 2.05) is 25.7 Å². The summed E-state index contributed by atoms with van der Waals surface area (Å²) in [5, 5.41) is 26.9. The van der Waals surface area contributed by atoms with Crippen LogP contribution in [0.3, 0.4) is 0 Å². The first-order chi connectivity index (χ1) is 18.9. The van der Waals surface area contributed by atoms with Gasteiger partial charge in [-0.2, -0.15) is 0 Å². The van der Waals surface area contributed by atoms with Crippen molar-refractivity contribution in [2.45, 2.75) is 76.0 Å². The lowest BCUT2D eigenvalue weighted by molar-refractivity contribution is -0.158. The van der Waals surface area contributed by atoms with Crippen molar-refractivity contribution >= 4 is 35.5 Å². The predicted octanol–water partition coefficient (Wildman–Crippen LogP) is -1.000. The Hall–Kier alpha value is -3.04. The van der Waals surface area contributed by atoms with Gasteiger partial charge in [0.2, 0.25) is 17.7 Å². The number of nitrogens with one attached hydrogen (secondary N) is 2. The van der Waals surface area contributed by atoms with E-state index in [1.54, 1.807) is 6.92 Å². The second-order valence-electron chi connectivity index (χ2n) is 11.9. The highest BCUT2D eigenvalue weighted by molar-refractivity contribution is 8.03. The molecule has 1 aromatic rings. The number of carbonyl (C=O) groups excluding carboxylic acids is 3. The second kappa shape index (κ2) is 10.7. The fourth-order valence-electron chi connectivity index (χ4n) is 6.43. The molecule has 40 heavy (non-hydrogen) atoms. The number of tetrazole rings is 1. The van der Waals surface area contributed by atoms with Crippen molar-refractivity contribution in [3.8, 4) is 0 Å². The number of thioether (sulfide) groups is 1. The van der Waals surface area contributed by atoms with Gasteiger partial charge in [0.1, 0.15) is 18.6 Å². The van der Waals surface area contributed by atoms with Gasteiger partial charge in [-0.05, 0) is 50.0 Å². The highest BCUT2D eigenvalue weighted by atomic mass is 32.2. The first-order valence-corrected chi connectivity index (χ1v) is 14.5. The number of hydrogen-bond donors (Lipinski definition) is 4. The van der Waals surface area contributed by atoms with Gasteiger partial charge in [-0.25, -0.2) is 9.48 Å². The van der Waals surface area contributed by atoms with Gasteiger partial charge in [0.25, 0.3) is 0 Å². The average molecular weight is 576 g/mol. The standard InChI is InChI=1S/C25H37N9O5S/c1-12-19-18(13(2)29-17(35)10-33-11-28-30-31-33)23(37)34(19)20(24(38)39)21(12)40-15-7-16(27-8-15)22(36)32-6-5-14(9-32)25(3,4)26/h11-16,18-19,27H,5-10,26H2,1-4H3,(H,29,35)(H,38,39)/t12-,13-,14-,15+,16+,18-,19-/m1/s1. The molecule has 7 atom stereocenters. The summed E-state index contributed by atoms with van der Waals surface area (Å²) in [4.78, 5) is 55.0. The Balaban J connectivity index is 1.21. The van der Waals surface area contributed by atoms with Crippen molar-refractivity contribution in [2.75, 3.05) is 19.6 Å². The summed E-state index contributed by atoms with van der Waals surface area (Å²) in [5.74, 6) is -2.26. The summed E-state index contributed by atoms with van der Waals surface area (Å²) in [6.45, 7) is 9.48. The van der Waals surface area contributed by atoms with Gasteiger partial charge in [0.05, 0.1) is 18.0 Å². The second-order valence-corrected chi connectivity index (χ2v) is 13.3. The quantitative estimate of drug-likeness (QED) is 0.264. The molecular formula is C25H37N9O5S. The maximum atomic E-state index is 13.2. The molecule has 15 heteroatoms. The number of fused-ring (bicyclic) bond motifs is 1.